The van der Waals surface area contributed by atoms with Crippen molar-refractivity contribution in [3.8, 4) is 11.5 Å². The quantitative estimate of drug-likeness (QED) is 0.303. The minimum atomic E-state index is -4.11. The average Bonchev–Trinajstić information content (AvgIpc) is 3.35. The van der Waals surface area contributed by atoms with E-state index in [1.807, 2.05) is 44.2 Å². The van der Waals surface area contributed by atoms with Crippen molar-refractivity contribution in [1.29, 1.82) is 0 Å². The highest BCUT2D eigenvalue weighted by Gasteiger charge is 2.29. The summed E-state index contributed by atoms with van der Waals surface area (Å²) in [5.74, 6) is 0.466. The van der Waals surface area contributed by atoms with E-state index in [0.717, 1.165) is 17.3 Å². The molecular weight excluding hydrogens is 500 g/mol. The van der Waals surface area contributed by atoms with E-state index >= 15 is 0 Å². The van der Waals surface area contributed by atoms with Gasteiger partial charge in [-0.1, -0.05) is 36.4 Å². The summed E-state index contributed by atoms with van der Waals surface area (Å²) in [7, 11) is -4.11. The van der Waals surface area contributed by atoms with Crippen molar-refractivity contribution in [2.24, 2.45) is 0 Å². The van der Waals surface area contributed by atoms with Gasteiger partial charge in [-0.05, 0) is 50.1 Å². The van der Waals surface area contributed by atoms with E-state index in [9.17, 15) is 13.2 Å². The Labute approximate surface area is 213 Å². The normalized spacial score (nSPS) is 12.3. The van der Waals surface area contributed by atoms with Gasteiger partial charge < -0.3 is 14.8 Å². The van der Waals surface area contributed by atoms with E-state index in [2.05, 4.69) is 18.8 Å². The minimum absolute atomic E-state index is 0.0343. The van der Waals surface area contributed by atoms with Crippen LogP contribution in [0.1, 0.15) is 19.4 Å². The van der Waals surface area contributed by atoms with E-state index in [0.29, 0.717) is 35.9 Å². The third kappa shape index (κ3) is 5.99. The Morgan fingerprint density at radius 3 is 2.50 bits per heavy atom. The fraction of sp³-hybridized carbons (Fsp3) is 0.240. The highest BCUT2D eigenvalue weighted by atomic mass is 32.2. The summed E-state index contributed by atoms with van der Waals surface area (Å²) in [5, 5.41) is 2.82. The van der Waals surface area contributed by atoms with Gasteiger partial charge in [-0.2, -0.15) is 13.5 Å². The van der Waals surface area contributed by atoms with E-state index < -0.39 is 22.0 Å². The molecule has 4 rings (SSSR count). The molecule has 0 bridgehead atoms. The standard InChI is InChI=1S/C25H26N4O5S2/c1-3-33-18-13-14-22(34-4-2)20(16-18)26-25(30)21(15-17-9-6-5-7-10-17)29-36(31,32)23-12-8-11-19-24(23)28-35-27-19/h5-14,16,21,29H,3-4,15H2,1-2H3,(H,26,30). The molecule has 1 heterocycles. The molecule has 0 spiro atoms. The molecule has 0 fully saturated rings. The lowest BCUT2D eigenvalue weighted by molar-refractivity contribution is -0.117. The zero-order valence-corrected chi connectivity index (χ0v) is 21.4. The van der Waals surface area contributed by atoms with Gasteiger partial charge in [0.15, 0.2) is 0 Å². The highest BCUT2D eigenvalue weighted by molar-refractivity contribution is 7.89. The van der Waals surface area contributed by atoms with Gasteiger partial charge in [0.1, 0.15) is 33.5 Å². The summed E-state index contributed by atoms with van der Waals surface area (Å²) in [6, 6.07) is 17.9. The molecule has 9 nitrogen and oxygen atoms in total. The molecule has 0 radical (unpaired) electrons. The minimum Gasteiger partial charge on any atom is -0.494 e. The first-order valence-electron chi connectivity index (χ1n) is 11.4. The highest BCUT2D eigenvalue weighted by Crippen LogP contribution is 2.30. The number of rotatable bonds is 11. The van der Waals surface area contributed by atoms with Gasteiger partial charge in [-0.3, -0.25) is 4.79 Å². The Kier molecular flexibility index (Phi) is 8.14. The monoisotopic (exact) mass is 526 g/mol. The van der Waals surface area contributed by atoms with Crippen LogP contribution in [-0.2, 0) is 21.2 Å². The summed E-state index contributed by atoms with van der Waals surface area (Å²) in [5.41, 5.74) is 1.91. The first kappa shape index (κ1) is 25.5. The topological polar surface area (TPSA) is 120 Å². The summed E-state index contributed by atoms with van der Waals surface area (Å²) in [4.78, 5) is 13.5. The van der Waals surface area contributed by atoms with Gasteiger partial charge in [-0.25, -0.2) is 8.42 Å². The van der Waals surface area contributed by atoms with Gasteiger partial charge in [0.05, 0.1) is 30.6 Å². The number of benzene rings is 3. The summed E-state index contributed by atoms with van der Waals surface area (Å²) < 4.78 is 48.9. The number of ether oxygens (including phenoxy) is 2. The Balaban J connectivity index is 1.66. The van der Waals surface area contributed by atoms with Crippen molar-refractivity contribution >= 4 is 44.4 Å². The summed E-state index contributed by atoms with van der Waals surface area (Å²) in [6.45, 7) is 4.54. The molecular formula is C25H26N4O5S2. The van der Waals surface area contributed by atoms with Crippen molar-refractivity contribution in [2.75, 3.05) is 18.5 Å². The predicted molar refractivity (Wildman–Crippen MR) is 139 cm³/mol. The third-order valence-electron chi connectivity index (χ3n) is 5.25. The molecule has 1 amide bonds. The number of sulfonamides is 1. The smallest absolute Gasteiger partial charge is 0.243 e. The molecule has 36 heavy (non-hydrogen) atoms. The van der Waals surface area contributed by atoms with Gasteiger partial charge in [0, 0.05) is 6.07 Å². The van der Waals surface area contributed by atoms with Crippen LogP contribution in [0.3, 0.4) is 0 Å². The van der Waals surface area contributed by atoms with Gasteiger partial charge >= 0.3 is 0 Å². The van der Waals surface area contributed by atoms with Crippen LogP contribution in [0.4, 0.5) is 5.69 Å². The first-order chi connectivity index (χ1) is 17.4. The van der Waals surface area contributed by atoms with E-state index in [4.69, 9.17) is 9.47 Å². The Morgan fingerprint density at radius 1 is 0.972 bits per heavy atom. The number of aromatic nitrogens is 2. The number of carbonyl (C=O) groups is 1. The first-order valence-corrected chi connectivity index (χ1v) is 13.6. The van der Waals surface area contributed by atoms with Crippen LogP contribution in [0.2, 0.25) is 0 Å². The van der Waals surface area contributed by atoms with Gasteiger partial charge in [-0.15, -0.1) is 0 Å². The maximum Gasteiger partial charge on any atom is 0.243 e. The van der Waals surface area contributed by atoms with Crippen LogP contribution < -0.4 is 19.5 Å². The maximum atomic E-state index is 13.5. The van der Waals surface area contributed by atoms with Crippen LogP contribution in [0, 0.1) is 0 Å². The molecule has 0 aliphatic carbocycles. The lowest BCUT2D eigenvalue weighted by Crippen LogP contribution is -2.45. The molecule has 3 aromatic carbocycles. The van der Waals surface area contributed by atoms with Crippen molar-refractivity contribution < 1.29 is 22.7 Å². The third-order valence-corrected chi connectivity index (χ3v) is 7.30. The predicted octanol–water partition coefficient (Wildman–Crippen LogP) is 4.02. The zero-order chi connectivity index (χ0) is 25.5. The van der Waals surface area contributed by atoms with Gasteiger partial charge in [0.25, 0.3) is 0 Å². The van der Waals surface area contributed by atoms with Crippen LogP contribution in [0.25, 0.3) is 11.0 Å². The molecule has 0 saturated carbocycles. The molecule has 0 aliphatic rings. The zero-order valence-electron chi connectivity index (χ0n) is 19.8. The number of nitrogens with zero attached hydrogens (tertiary/aromatic N) is 2. The number of fused-ring (bicyclic) bond motifs is 1. The van der Waals surface area contributed by atoms with Crippen molar-refractivity contribution in [3.63, 3.8) is 0 Å². The number of amides is 1. The van der Waals surface area contributed by atoms with Gasteiger partial charge in [0.2, 0.25) is 15.9 Å². The molecule has 0 aliphatic heterocycles. The Hall–Kier alpha value is -3.54. The summed E-state index contributed by atoms with van der Waals surface area (Å²) in [6.07, 6.45) is 0.131. The van der Waals surface area contributed by atoms with E-state index in [-0.39, 0.29) is 16.8 Å². The second-order valence-corrected chi connectivity index (χ2v) is 9.98. The van der Waals surface area contributed by atoms with Crippen molar-refractivity contribution in [2.45, 2.75) is 31.2 Å². The number of hydrogen-bond acceptors (Lipinski definition) is 8. The van der Waals surface area contributed by atoms with Crippen LogP contribution >= 0.6 is 11.7 Å². The lowest BCUT2D eigenvalue weighted by atomic mass is 10.1. The fourth-order valence-electron chi connectivity index (χ4n) is 3.65. The summed E-state index contributed by atoms with van der Waals surface area (Å²) >= 11 is 0.927. The number of anilines is 1. The SMILES string of the molecule is CCOc1ccc(OCC)c(NC(=O)C(Cc2ccccc2)NS(=O)(=O)c2cccc3nsnc23)c1. The van der Waals surface area contributed by atoms with E-state index in [1.54, 1.807) is 30.3 Å². The van der Waals surface area contributed by atoms with Crippen LogP contribution in [0.5, 0.6) is 11.5 Å². The molecule has 11 heteroatoms. The average molecular weight is 527 g/mol. The van der Waals surface area contributed by atoms with Crippen LogP contribution in [-0.4, -0.2) is 42.3 Å². The Morgan fingerprint density at radius 2 is 1.75 bits per heavy atom. The number of nitrogens with one attached hydrogen (secondary N) is 2. The molecule has 0 saturated heterocycles. The molecule has 1 aromatic heterocycles. The largest absolute Gasteiger partial charge is 0.494 e. The Bertz CT molecular complexity index is 1440. The molecule has 1 unspecified atom stereocenters. The molecule has 1 atom stereocenters. The second kappa shape index (κ2) is 11.5. The van der Waals surface area contributed by atoms with Crippen molar-refractivity contribution in [3.05, 3.63) is 72.3 Å². The number of hydrogen-bond donors (Lipinski definition) is 2. The molecule has 4 aromatic rings. The van der Waals surface area contributed by atoms with Crippen LogP contribution in [0.15, 0.2) is 71.6 Å². The lowest BCUT2D eigenvalue weighted by Gasteiger charge is -2.20. The molecule has 2 N–H and O–H groups in total. The second-order valence-electron chi connectivity index (χ2n) is 7.76. The fourth-order valence-corrected chi connectivity index (χ4v) is 5.61. The number of carbonyl (C=O) groups excluding carboxylic acids is 1. The van der Waals surface area contributed by atoms with Crippen molar-refractivity contribution in [1.82, 2.24) is 13.5 Å². The maximum absolute atomic E-state index is 13.5. The molecule has 188 valence electrons. The van der Waals surface area contributed by atoms with E-state index in [1.165, 1.54) is 6.07 Å².